The van der Waals surface area contributed by atoms with Crippen LogP contribution in [0, 0.1) is 5.82 Å². The van der Waals surface area contributed by atoms with Crippen molar-refractivity contribution in [3.05, 3.63) is 42.5 Å². The molecule has 1 saturated carbocycles. The Morgan fingerprint density at radius 2 is 1.78 bits per heavy atom. The van der Waals surface area contributed by atoms with Crippen LogP contribution in [0.1, 0.15) is 25.7 Å². The van der Waals surface area contributed by atoms with Crippen LogP contribution in [0.25, 0.3) is 0 Å². The van der Waals surface area contributed by atoms with Gasteiger partial charge in [-0.1, -0.05) is 0 Å². The molecule has 1 aromatic carbocycles. The molecule has 1 fully saturated rings. The van der Waals surface area contributed by atoms with E-state index in [4.69, 9.17) is 14.2 Å². The Hall–Kier alpha value is -2.90. The minimum atomic E-state index is -0.343. The number of methoxy groups -OCH3 is 1. The van der Waals surface area contributed by atoms with Crippen molar-refractivity contribution in [2.45, 2.75) is 37.8 Å². The SMILES string of the molecule is COc1nccnc1OC1CCC(NC(=O)COc2ccc(F)cc2)CC1. The van der Waals surface area contributed by atoms with Crippen LogP contribution >= 0.6 is 0 Å². The van der Waals surface area contributed by atoms with Crippen LogP contribution < -0.4 is 19.5 Å². The fourth-order valence-corrected chi connectivity index (χ4v) is 2.97. The van der Waals surface area contributed by atoms with E-state index in [-0.39, 0.29) is 30.5 Å². The topological polar surface area (TPSA) is 82.6 Å². The Morgan fingerprint density at radius 3 is 2.44 bits per heavy atom. The predicted molar refractivity (Wildman–Crippen MR) is 95.3 cm³/mol. The number of hydrogen-bond acceptors (Lipinski definition) is 6. The summed E-state index contributed by atoms with van der Waals surface area (Å²) in [6.45, 7) is -0.0983. The second-order valence-electron chi connectivity index (χ2n) is 6.27. The highest BCUT2D eigenvalue weighted by Gasteiger charge is 2.25. The van der Waals surface area contributed by atoms with Gasteiger partial charge in [-0.15, -0.1) is 0 Å². The van der Waals surface area contributed by atoms with Gasteiger partial charge in [0.15, 0.2) is 6.61 Å². The van der Waals surface area contributed by atoms with E-state index in [2.05, 4.69) is 15.3 Å². The molecule has 1 heterocycles. The number of nitrogens with one attached hydrogen (secondary N) is 1. The first kappa shape index (κ1) is 18.9. The van der Waals surface area contributed by atoms with Crippen molar-refractivity contribution in [2.75, 3.05) is 13.7 Å². The molecule has 0 saturated heterocycles. The summed E-state index contributed by atoms with van der Waals surface area (Å²) in [7, 11) is 1.53. The molecule has 1 aliphatic rings. The lowest BCUT2D eigenvalue weighted by Crippen LogP contribution is -2.41. The van der Waals surface area contributed by atoms with Crippen LogP contribution in [0.5, 0.6) is 17.5 Å². The fraction of sp³-hybridized carbons (Fsp3) is 0.421. The van der Waals surface area contributed by atoms with Gasteiger partial charge in [-0.3, -0.25) is 4.79 Å². The summed E-state index contributed by atoms with van der Waals surface area (Å²) in [5.41, 5.74) is 0. The highest BCUT2D eigenvalue weighted by Crippen LogP contribution is 2.27. The second kappa shape index (κ2) is 9.16. The minimum Gasteiger partial charge on any atom is -0.484 e. The first-order chi connectivity index (χ1) is 13.1. The standard InChI is InChI=1S/C19H22FN3O4/c1-25-18-19(22-11-10-21-18)27-16-8-4-14(5-9-16)23-17(24)12-26-15-6-2-13(20)3-7-15/h2-3,6-7,10-11,14,16H,4-5,8-9,12H2,1H3,(H,23,24). The van der Waals surface area contributed by atoms with Crippen LogP contribution in [0.3, 0.4) is 0 Å². The summed E-state index contributed by atoms with van der Waals surface area (Å²) in [5.74, 6) is 0.678. The summed E-state index contributed by atoms with van der Waals surface area (Å²) >= 11 is 0. The number of carbonyl (C=O) groups is 1. The molecule has 0 atom stereocenters. The third-order valence-electron chi connectivity index (χ3n) is 4.33. The van der Waals surface area contributed by atoms with Crippen molar-refractivity contribution in [1.29, 1.82) is 0 Å². The van der Waals surface area contributed by atoms with Gasteiger partial charge in [0.05, 0.1) is 7.11 Å². The van der Waals surface area contributed by atoms with Gasteiger partial charge in [-0.2, -0.15) is 0 Å². The molecule has 7 nitrogen and oxygen atoms in total. The lowest BCUT2D eigenvalue weighted by atomic mass is 9.93. The van der Waals surface area contributed by atoms with Crippen molar-refractivity contribution in [3.63, 3.8) is 0 Å². The van der Waals surface area contributed by atoms with E-state index in [0.717, 1.165) is 25.7 Å². The van der Waals surface area contributed by atoms with Crippen molar-refractivity contribution in [1.82, 2.24) is 15.3 Å². The van der Waals surface area contributed by atoms with Crippen LogP contribution in [-0.4, -0.2) is 41.7 Å². The molecule has 0 radical (unpaired) electrons. The molecule has 0 spiro atoms. The van der Waals surface area contributed by atoms with Gasteiger partial charge in [0.2, 0.25) is 0 Å². The molecule has 8 heteroatoms. The second-order valence-corrected chi connectivity index (χ2v) is 6.27. The highest BCUT2D eigenvalue weighted by atomic mass is 19.1. The molecular weight excluding hydrogens is 353 g/mol. The zero-order valence-electron chi connectivity index (χ0n) is 15.1. The molecule has 0 bridgehead atoms. The number of hydrogen-bond donors (Lipinski definition) is 1. The maximum absolute atomic E-state index is 12.8. The molecule has 3 rings (SSSR count). The van der Waals surface area contributed by atoms with Crippen LogP contribution in [0.2, 0.25) is 0 Å². The Balaban J connectivity index is 1.40. The molecule has 144 valence electrons. The lowest BCUT2D eigenvalue weighted by Gasteiger charge is -2.29. The Bertz CT molecular complexity index is 749. The number of amides is 1. The van der Waals surface area contributed by atoms with Crippen molar-refractivity contribution in [3.8, 4) is 17.5 Å². The molecule has 1 N–H and O–H groups in total. The first-order valence-corrected chi connectivity index (χ1v) is 8.83. The Morgan fingerprint density at radius 1 is 1.11 bits per heavy atom. The number of benzene rings is 1. The number of ether oxygens (including phenoxy) is 3. The fourth-order valence-electron chi connectivity index (χ4n) is 2.97. The molecule has 0 aliphatic heterocycles. The highest BCUT2D eigenvalue weighted by molar-refractivity contribution is 5.77. The van der Waals surface area contributed by atoms with E-state index in [0.29, 0.717) is 17.5 Å². The van der Waals surface area contributed by atoms with Crippen molar-refractivity contribution in [2.24, 2.45) is 0 Å². The number of carbonyl (C=O) groups excluding carboxylic acids is 1. The van der Waals surface area contributed by atoms with E-state index in [1.54, 1.807) is 12.4 Å². The largest absolute Gasteiger partial charge is 0.484 e. The van der Waals surface area contributed by atoms with Gasteiger partial charge < -0.3 is 19.5 Å². The quantitative estimate of drug-likeness (QED) is 0.801. The average molecular weight is 375 g/mol. The van der Waals surface area contributed by atoms with E-state index < -0.39 is 0 Å². The third-order valence-corrected chi connectivity index (χ3v) is 4.33. The smallest absolute Gasteiger partial charge is 0.278 e. The van der Waals surface area contributed by atoms with Crippen LogP contribution in [-0.2, 0) is 4.79 Å². The summed E-state index contributed by atoms with van der Waals surface area (Å²) in [4.78, 5) is 20.2. The predicted octanol–water partition coefficient (Wildman–Crippen LogP) is 2.51. The van der Waals surface area contributed by atoms with Crippen LogP contribution in [0.4, 0.5) is 4.39 Å². The van der Waals surface area contributed by atoms with Crippen molar-refractivity contribution < 1.29 is 23.4 Å². The maximum atomic E-state index is 12.8. The summed E-state index contributed by atoms with van der Waals surface area (Å²) < 4.78 is 29.2. The van der Waals surface area contributed by atoms with E-state index in [1.165, 1.54) is 31.4 Å². The van der Waals surface area contributed by atoms with Gasteiger partial charge in [0.1, 0.15) is 17.7 Å². The van der Waals surface area contributed by atoms with E-state index in [9.17, 15) is 9.18 Å². The van der Waals surface area contributed by atoms with Gasteiger partial charge in [0, 0.05) is 18.4 Å². The Kier molecular flexibility index (Phi) is 6.40. The molecule has 1 amide bonds. The van der Waals surface area contributed by atoms with E-state index >= 15 is 0 Å². The van der Waals surface area contributed by atoms with E-state index in [1.807, 2.05) is 0 Å². The number of nitrogens with zero attached hydrogens (tertiary/aromatic N) is 2. The maximum Gasteiger partial charge on any atom is 0.278 e. The molecule has 1 aromatic heterocycles. The zero-order valence-corrected chi connectivity index (χ0v) is 15.1. The summed E-state index contributed by atoms with van der Waals surface area (Å²) in [5, 5.41) is 2.96. The summed E-state index contributed by atoms with van der Waals surface area (Å²) in [6, 6.07) is 5.65. The Labute approximate surface area is 156 Å². The zero-order chi connectivity index (χ0) is 19.1. The van der Waals surface area contributed by atoms with Gasteiger partial charge in [0.25, 0.3) is 17.7 Å². The first-order valence-electron chi connectivity index (χ1n) is 8.83. The minimum absolute atomic E-state index is 0.0132. The average Bonchev–Trinajstić information content (AvgIpc) is 2.69. The molecule has 1 aliphatic carbocycles. The van der Waals surface area contributed by atoms with Gasteiger partial charge >= 0.3 is 0 Å². The number of rotatable bonds is 7. The molecule has 2 aromatic rings. The normalized spacial score (nSPS) is 19.2. The monoisotopic (exact) mass is 375 g/mol. The van der Waals surface area contributed by atoms with Crippen molar-refractivity contribution >= 4 is 5.91 Å². The number of halogens is 1. The third kappa shape index (κ3) is 5.54. The molecule has 0 unspecified atom stereocenters. The van der Waals surface area contributed by atoms with Crippen LogP contribution in [0.15, 0.2) is 36.7 Å². The van der Waals surface area contributed by atoms with Gasteiger partial charge in [-0.05, 0) is 49.9 Å². The summed E-state index contributed by atoms with van der Waals surface area (Å²) in [6.07, 6.45) is 6.31. The lowest BCUT2D eigenvalue weighted by molar-refractivity contribution is -0.124. The molecular formula is C19H22FN3O4. The van der Waals surface area contributed by atoms with Gasteiger partial charge in [-0.25, -0.2) is 14.4 Å². The number of aromatic nitrogens is 2. The molecule has 27 heavy (non-hydrogen) atoms.